The van der Waals surface area contributed by atoms with Gasteiger partial charge < -0.3 is 16.0 Å². The highest BCUT2D eigenvalue weighted by molar-refractivity contribution is 5.94. The van der Waals surface area contributed by atoms with Crippen LogP contribution in [0.1, 0.15) is 22.8 Å². The van der Waals surface area contributed by atoms with Gasteiger partial charge in [-0.1, -0.05) is 17.7 Å². The molecule has 0 bridgehead atoms. The molecule has 1 unspecified atom stereocenters. The summed E-state index contributed by atoms with van der Waals surface area (Å²) >= 11 is 0. The molecule has 5 nitrogen and oxygen atoms in total. The topological polar surface area (TPSA) is 70.2 Å². The Balaban J connectivity index is 2.28. The molecule has 1 rings (SSSR count). The van der Waals surface area contributed by atoms with Crippen molar-refractivity contribution in [2.24, 2.45) is 0 Å². The van der Waals surface area contributed by atoms with E-state index >= 15 is 0 Å². The van der Waals surface area contributed by atoms with Gasteiger partial charge in [0.1, 0.15) is 0 Å². The van der Waals surface area contributed by atoms with Gasteiger partial charge >= 0.3 is 0 Å². The average molecular weight is 263 g/mol. The summed E-state index contributed by atoms with van der Waals surface area (Å²) in [5, 5.41) is 8.34. The van der Waals surface area contributed by atoms with Gasteiger partial charge in [-0.15, -0.1) is 0 Å². The van der Waals surface area contributed by atoms with Crippen molar-refractivity contribution in [2.45, 2.75) is 19.9 Å². The third kappa shape index (κ3) is 5.09. The molecule has 0 aromatic heterocycles. The van der Waals surface area contributed by atoms with Gasteiger partial charge in [-0.25, -0.2) is 0 Å². The molecular formula is C14H21N3O2. The molecule has 0 aliphatic heterocycles. The normalized spacial score (nSPS) is 11.7. The Hall–Kier alpha value is -1.88. The van der Waals surface area contributed by atoms with Crippen molar-refractivity contribution >= 4 is 11.8 Å². The van der Waals surface area contributed by atoms with E-state index in [1.165, 1.54) is 0 Å². The fourth-order valence-corrected chi connectivity index (χ4v) is 1.45. The zero-order valence-electron chi connectivity index (χ0n) is 11.6. The van der Waals surface area contributed by atoms with E-state index in [1.807, 2.05) is 19.1 Å². The molecule has 3 N–H and O–H groups in total. The van der Waals surface area contributed by atoms with Gasteiger partial charge in [0.25, 0.3) is 5.91 Å². The average Bonchev–Trinajstić information content (AvgIpc) is 2.42. The highest BCUT2D eigenvalue weighted by Crippen LogP contribution is 2.02. The summed E-state index contributed by atoms with van der Waals surface area (Å²) in [6.07, 6.45) is 0. The minimum absolute atomic E-state index is 0.0768. The number of carbonyl (C=O) groups is 2. The van der Waals surface area contributed by atoms with E-state index in [9.17, 15) is 9.59 Å². The maximum Gasteiger partial charge on any atom is 0.251 e. The molecule has 5 heteroatoms. The SMILES string of the molecule is CNC(C)C(=O)NCCNC(=O)c1ccc(C)cc1. The lowest BCUT2D eigenvalue weighted by atomic mass is 10.1. The zero-order valence-corrected chi connectivity index (χ0v) is 11.6. The number of hydrogen-bond donors (Lipinski definition) is 3. The van der Waals surface area contributed by atoms with Crippen molar-refractivity contribution in [3.05, 3.63) is 35.4 Å². The van der Waals surface area contributed by atoms with Crippen LogP contribution in [0.3, 0.4) is 0 Å². The van der Waals surface area contributed by atoms with E-state index in [2.05, 4.69) is 16.0 Å². The third-order valence-electron chi connectivity index (χ3n) is 2.85. The van der Waals surface area contributed by atoms with Crippen molar-refractivity contribution in [1.29, 1.82) is 0 Å². The molecule has 0 fully saturated rings. The van der Waals surface area contributed by atoms with Crippen LogP contribution in [0.15, 0.2) is 24.3 Å². The summed E-state index contributed by atoms with van der Waals surface area (Å²) in [6, 6.07) is 7.13. The highest BCUT2D eigenvalue weighted by atomic mass is 16.2. The summed E-state index contributed by atoms with van der Waals surface area (Å²) in [5.41, 5.74) is 1.74. The number of carbonyl (C=O) groups excluding carboxylic acids is 2. The van der Waals surface area contributed by atoms with E-state index in [4.69, 9.17) is 0 Å². The second-order valence-electron chi connectivity index (χ2n) is 4.42. The van der Waals surface area contributed by atoms with Gasteiger partial charge in [0, 0.05) is 18.7 Å². The fraction of sp³-hybridized carbons (Fsp3) is 0.429. The summed E-state index contributed by atoms with van der Waals surface area (Å²) in [7, 11) is 1.73. The molecule has 1 aromatic rings. The molecule has 19 heavy (non-hydrogen) atoms. The number of amides is 2. The Morgan fingerprint density at radius 3 is 2.26 bits per heavy atom. The van der Waals surface area contributed by atoms with E-state index in [-0.39, 0.29) is 17.9 Å². The van der Waals surface area contributed by atoms with Crippen LogP contribution in [0.2, 0.25) is 0 Å². The lowest BCUT2D eigenvalue weighted by Crippen LogP contribution is -2.43. The summed E-state index contributed by atoms with van der Waals surface area (Å²) in [4.78, 5) is 23.2. The first-order valence-corrected chi connectivity index (χ1v) is 6.34. The quantitative estimate of drug-likeness (QED) is 0.653. The Bertz CT molecular complexity index is 429. The first-order chi connectivity index (χ1) is 9.04. The molecule has 0 aliphatic rings. The van der Waals surface area contributed by atoms with E-state index in [0.29, 0.717) is 18.7 Å². The van der Waals surface area contributed by atoms with Crippen molar-refractivity contribution in [3.8, 4) is 0 Å². The Kier molecular flexibility index (Phi) is 6.02. The van der Waals surface area contributed by atoms with Crippen LogP contribution >= 0.6 is 0 Å². The van der Waals surface area contributed by atoms with E-state index in [1.54, 1.807) is 26.1 Å². The molecule has 0 saturated carbocycles. The second-order valence-corrected chi connectivity index (χ2v) is 4.42. The van der Waals surface area contributed by atoms with Crippen LogP contribution in [-0.4, -0.2) is 38.0 Å². The summed E-state index contributed by atoms with van der Waals surface area (Å²) in [5.74, 6) is -0.206. The Morgan fingerprint density at radius 1 is 1.11 bits per heavy atom. The van der Waals surface area contributed by atoms with Crippen LogP contribution in [0.25, 0.3) is 0 Å². The number of hydrogen-bond acceptors (Lipinski definition) is 3. The number of nitrogens with one attached hydrogen (secondary N) is 3. The van der Waals surface area contributed by atoms with Gasteiger partial charge in [0.15, 0.2) is 0 Å². The molecule has 0 spiro atoms. The van der Waals surface area contributed by atoms with Crippen molar-refractivity contribution in [2.75, 3.05) is 20.1 Å². The zero-order chi connectivity index (χ0) is 14.3. The first kappa shape index (κ1) is 15.2. The lowest BCUT2D eigenvalue weighted by molar-refractivity contribution is -0.122. The number of rotatable bonds is 6. The molecule has 0 radical (unpaired) electrons. The van der Waals surface area contributed by atoms with Crippen molar-refractivity contribution in [1.82, 2.24) is 16.0 Å². The molecule has 1 aromatic carbocycles. The summed E-state index contributed by atoms with van der Waals surface area (Å²) in [6.45, 7) is 4.58. The maximum atomic E-state index is 11.8. The van der Waals surface area contributed by atoms with Gasteiger partial charge in [-0.05, 0) is 33.0 Å². The van der Waals surface area contributed by atoms with Crippen LogP contribution in [-0.2, 0) is 4.79 Å². The van der Waals surface area contributed by atoms with Gasteiger partial charge in [0.05, 0.1) is 6.04 Å². The van der Waals surface area contributed by atoms with Crippen molar-refractivity contribution < 1.29 is 9.59 Å². The predicted octanol–water partition coefficient (Wildman–Crippen LogP) is 0.449. The van der Waals surface area contributed by atoms with Gasteiger partial charge in [-0.3, -0.25) is 9.59 Å². The second kappa shape index (κ2) is 7.53. The number of likely N-dealkylation sites (N-methyl/N-ethyl adjacent to an activating group) is 1. The minimum Gasteiger partial charge on any atom is -0.353 e. The molecular weight excluding hydrogens is 242 g/mol. The van der Waals surface area contributed by atoms with E-state index in [0.717, 1.165) is 5.56 Å². The molecule has 2 amide bonds. The summed E-state index contributed by atoms with van der Waals surface area (Å²) < 4.78 is 0. The molecule has 0 aliphatic carbocycles. The smallest absolute Gasteiger partial charge is 0.251 e. The van der Waals surface area contributed by atoms with Gasteiger partial charge in [0.2, 0.25) is 5.91 Å². The Labute approximate surface area is 113 Å². The molecule has 104 valence electrons. The highest BCUT2D eigenvalue weighted by Gasteiger charge is 2.09. The lowest BCUT2D eigenvalue weighted by Gasteiger charge is -2.11. The standard InChI is InChI=1S/C14H21N3O2/c1-10-4-6-12(7-5-10)14(19)17-9-8-16-13(18)11(2)15-3/h4-7,11,15H,8-9H2,1-3H3,(H,16,18)(H,17,19). The Morgan fingerprint density at radius 2 is 1.68 bits per heavy atom. The maximum absolute atomic E-state index is 11.8. The van der Waals surface area contributed by atoms with Gasteiger partial charge in [-0.2, -0.15) is 0 Å². The first-order valence-electron chi connectivity index (χ1n) is 6.34. The van der Waals surface area contributed by atoms with Crippen LogP contribution in [0.5, 0.6) is 0 Å². The van der Waals surface area contributed by atoms with Crippen LogP contribution in [0, 0.1) is 6.92 Å². The van der Waals surface area contributed by atoms with Crippen molar-refractivity contribution in [3.63, 3.8) is 0 Å². The number of benzene rings is 1. The molecule has 1 atom stereocenters. The van der Waals surface area contributed by atoms with E-state index < -0.39 is 0 Å². The third-order valence-corrected chi connectivity index (χ3v) is 2.85. The number of aryl methyl sites for hydroxylation is 1. The molecule has 0 saturated heterocycles. The minimum atomic E-state index is -0.229. The van der Waals surface area contributed by atoms with Crippen LogP contribution in [0.4, 0.5) is 0 Å². The van der Waals surface area contributed by atoms with Crippen LogP contribution < -0.4 is 16.0 Å². The largest absolute Gasteiger partial charge is 0.353 e. The predicted molar refractivity (Wildman–Crippen MR) is 75.0 cm³/mol. The monoisotopic (exact) mass is 263 g/mol. The molecule has 0 heterocycles. The fourth-order valence-electron chi connectivity index (χ4n) is 1.45.